The summed E-state index contributed by atoms with van der Waals surface area (Å²) < 4.78 is 2.08. The van der Waals surface area contributed by atoms with Gasteiger partial charge in [0.1, 0.15) is 0 Å². The summed E-state index contributed by atoms with van der Waals surface area (Å²) in [6, 6.07) is 0. The van der Waals surface area contributed by atoms with Crippen molar-refractivity contribution < 1.29 is 0 Å². The highest BCUT2D eigenvalue weighted by Gasteiger charge is 2.22. The predicted molar refractivity (Wildman–Crippen MR) is 64.7 cm³/mol. The highest BCUT2D eigenvalue weighted by atomic mass is 35.5. The van der Waals surface area contributed by atoms with E-state index in [4.69, 9.17) is 17.3 Å². The molecule has 0 aliphatic rings. The van der Waals surface area contributed by atoms with Crippen LogP contribution in [0.15, 0.2) is 5.38 Å². The number of nitrogens with two attached hydrogens (primary N) is 1. The Morgan fingerprint density at radius 2 is 2.20 bits per heavy atom. The Bertz CT molecular complexity index is 492. The quantitative estimate of drug-likeness (QED) is 0.837. The third-order valence-electron chi connectivity index (χ3n) is 2.37. The molecule has 0 bridgehead atoms. The summed E-state index contributed by atoms with van der Waals surface area (Å²) >= 11 is 7.63. The van der Waals surface area contributed by atoms with Crippen molar-refractivity contribution in [3.8, 4) is 0 Å². The molecule has 0 saturated carbocycles. The van der Waals surface area contributed by atoms with Gasteiger partial charge < -0.3 is 5.73 Å². The minimum Gasteiger partial charge on any atom is -0.325 e. The van der Waals surface area contributed by atoms with Gasteiger partial charge in [0.25, 0.3) is 0 Å². The van der Waals surface area contributed by atoms with Crippen molar-refractivity contribution >= 4 is 27.9 Å². The van der Waals surface area contributed by atoms with Gasteiger partial charge in [-0.2, -0.15) is 0 Å². The SMILES string of the molecule is CC(C)(C)c1csc2nc(Cl)c(CN)n12. The first-order chi connectivity index (χ1) is 6.95. The number of hydrogen-bond acceptors (Lipinski definition) is 3. The molecular weight excluding hydrogens is 230 g/mol. The lowest BCUT2D eigenvalue weighted by Crippen LogP contribution is -2.16. The molecule has 2 aromatic rings. The second kappa shape index (κ2) is 3.47. The van der Waals surface area contributed by atoms with E-state index in [2.05, 4.69) is 35.5 Å². The molecule has 0 saturated heterocycles. The first-order valence-corrected chi connectivity index (χ1v) is 6.05. The van der Waals surface area contributed by atoms with Crippen molar-refractivity contribution in [3.63, 3.8) is 0 Å². The maximum Gasteiger partial charge on any atom is 0.195 e. The van der Waals surface area contributed by atoms with E-state index in [0.29, 0.717) is 11.7 Å². The van der Waals surface area contributed by atoms with Gasteiger partial charge in [-0.15, -0.1) is 11.3 Å². The van der Waals surface area contributed by atoms with Crippen LogP contribution in [-0.2, 0) is 12.0 Å². The summed E-state index contributed by atoms with van der Waals surface area (Å²) in [5, 5.41) is 2.65. The third kappa shape index (κ3) is 1.67. The van der Waals surface area contributed by atoms with Crippen molar-refractivity contribution in [3.05, 3.63) is 21.9 Å². The van der Waals surface area contributed by atoms with E-state index in [0.717, 1.165) is 10.7 Å². The van der Waals surface area contributed by atoms with E-state index in [9.17, 15) is 0 Å². The molecule has 5 heteroatoms. The predicted octanol–water partition coefficient (Wildman–Crippen LogP) is 2.81. The van der Waals surface area contributed by atoms with Crippen LogP contribution in [-0.4, -0.2) is 9.38 Å². The molecule has 0 fully saturated rings. The van der Waals surface area contributed by atoms with Crippen LogP contribution in [0.5, 0.6) is 0 Å². The van der Waals surface area contributed by atoms with Crippen LogP contribution in [0, 0.1) is 0 Å². The Labute approximate surface area is 97.9 Å². The molecular formula is C10H14ClN3S. The molecule has 0 aliphatic heterocycles. The van der Waals surface area contributed by atoms with Gasteiger partial charge in [0.05, 0.1) is 5.69 Å². The maximum atomic E-state index is 6.03. The Morgan fingerprint density at radius 1 is 1.53 bits per heavy atom. The fraction of sp³-hybridized carbons (Fsp3) is 0.500. The van der Waals surface area contributed by atoms with Gasteiger partial charge in [-0.1, -0.05) is 32.4 Å². The first-order valence-electron chi connectivity index (χ1n) is 4.80. The molecule has 0 spiro atoms. The first kappa shape index (κ1) is 10.9. The van der Waals surface area contributed by atoms with Crippen molar-refractivity contribution in [1.29, 1.82) is 0 Å². The summed E-state index contributed by atoms with van der Waals surface area (Å²) in [6.07, 6.45) is 0. The van der Waals surface area contributed by atoms with E-state index >= 15 is 0 Å². The third-order valence-corrected chi connectivity index (χ3v) is 3.50. The number of nitrogens with zero attached hydrogens (tertiary/aromatic N) is 2. The molecule has 3 nitrogen and oxygen atoms in total. The number of rotatable bonds is 1. The number of thiazole rings is 1. The molecule has 0 radical (unpaired) electrons. The van der Waals surface area contributed by atoms with E-state index in [1.807, 2.05) is 0 Å². The van der Waals surface area contributed by atoms with Crippen LogP contribution in [0.2, 0.25) is 5.15 Å². The van der Waals surface area contributed by atoms with Crippen LogP contribution in [0.1, 0.15) is 32.2 Å². The summed E-state index contributed by atoms with van der Waals surface area (Å²) in [5.74, 6) is 0. The second-order valence-corrected chi connectivity index (χ2v) is 5.74. The van der Waals surface area contributed by atoms with E-state index in [1.165, 1.54) is 5.69 Å². The molecule has 0 unspecified atom stereocenters. The number of halogens is 1. The Morgan fingerprint density at radius 3 is 2.73 bits per heavy atom. The normalized spacial score (nSPS) is 12.6. The van der Waals surface area contributed by atoms with Crippen molar-refractivity contribution in [1.82, 2.24) is 9.38 Å². The number of imidazole rings is 1. The fourth-order valence-corrected chi connectivity index (χ4v) is 3.01. The number of fused-ring (bicyclic) bond motifs is 1. The van der Waals surface area contributed by atoms with Gasteiger partial charge in [0.2, 0.25) is 0 Å². The second-order valence-electron chi connectivity index (χ2n) is 4.54. The summed E-state index contributed by atoms with van der Waals surface area (Å²) in [4.78, 5) is 5.21. The summed E-state index contributed by atoms with van der Waals surface area (Å²) in [5.41, 5.74) is 7.88. The topological polar surface area (TPSA) is 43.3 Å². The molecule has 2 heterocycles. The molecule has 0 aromatic carbocycles. The lowest BCUT2D eigenvalue weighted by molar-refractivity contribution is 0.561. The Hall–Kier alpha value is -0.580. The van der Waals surface area contributed by atoms with Gasteiger partial charge in [-0.25, -0.2) is 4.98 Å². The Balaban J connectivity index is 2.77. The summed E-state index contributed by atoms with van der Waals surface area (Å²) in [7, 11) is 0. The van der Waals surface area contributed by atoms with E-state index in [1.54, 1.807) is 11.3 Å². The zero-order valence-electron chi connectivity index (χ0n) is 9.04. The van der Waals surface area contributed by atoms with Crippen LogP contribution < -0.4 is 5.73 Å². The van der Waals surface area contributed by atoms with Gasteiger partial charge in [-0.3, -0.25) is 4.40 Å². The van der Waals surface area contributed by atoms with Crippen LogP contribution in [0.3, 0.4) is 0 Å². The minimum atomic E-state index is 0.0756. The van der Waals surface area contributed by atoms with Crippen molar-refractivity contribution in [2.75, 3.05) is 0 Å². The molecule has 2 N–H and O–H groups in total. The molecule has 2 rings (SSSR count). The van der Waals surface area contributed by atoms with Crippen molar-refractivity contribution in [2.45, 2.75) is 32.7 Å². The van der Waals surface area contributed by atoms with E-state index in [-0.39, 0.29) is 5.41 Å². The maximum absolute atomic E-state index is 6.03. The van der Waals surface area contributed by atoms with Gasteiger partial charge in [0.15, 0.2) is 10.1 Å². The average Bonchev–Trinajstić information content (AvgIpc) is 2.59. The smallest absolute Gasteiger partial charge is 0.195 e. The van der Waals surface area contributed by atoms with Gasteiger partial charge in [-0.05, 0) is 0 Å². The van der Waals surface area contributed by atoms with E-state index < -0.39 is 0 Å². The molecule has 0 aliphatic carbocycles. The lowest BCUT2D eigenvalue weighted by Gasteiger charge is -2.18. The van der Waals surface area contributed by atoms with Gasteiger partial charge in [0, 0.05) is 23.0 Å². The average molecular weight is 244 g/mol. The molecule has 15 heavy (non-hydrogen) atoms. The molecule has 0 amide bonds. The zero-order valence-corrected chi connectivity index (χ0v) is 10.6. The number of hydrogen-bond donors (Lipinski definition) is 1. The monoisotopic (exact) mass is 243 g/mol. The van der Waals surface area contributed by atoms with Crippen LogP contribution >= 0.6 is 22.9 Å². The molecule has 2 aromatic heterocycles. The molecule has 82 valence electrons. The highest BCUT2D eigenvalue weighted by molar-refractivity contribution is 7.15. The van der Waals surface area contributed by atoms with Crippen molar-refractivity contribution in [2.24, 2.45) is 5.73 Å². The zero-order chi connectivity index (χ0) is 11.2. The highest BCUT2D eigenvalue weighted by Crippen LogP contribution is 2.31. The van der Waals surface area contributed by atoms with Gasteiger partial charge >= 0.3 is 0 Å². The van der Waals surface area contributed by atoms with Crippen LogP contribution in [0.4, 0.5) is 0 Å². The molecule has 0 atom stereocenters. The van der Waals surface area contributed by atoms with Crippen LogP contribution in [0.25, 0.3) is 4.96 Å². The largest absolute Gasteiger partial charge is 0.325 e. The Kier molecular flexibility index (Phi) is 2.53. The fourth-order valence-electron chi connectivity index (χ4n) is 1.58. The lowest BCUT2D eigenvalue weighted by atomic mass is 9.93. The number of aromatic nitrogens is 2. The standard InChI is InChI=1S/C10H14ClN3S/c1-10(2,3)7-5-15-9-13-8(11)6(4-12)14(7)9/h5H,4,12H2,1-3H3. The summed E-state index contributed by atoms with van der Waals surface area (Å²) in [6.45, 7) is 6.92. The minimum absolute atomic E-state index is 0.0756.